The number of carbonyl (C=O) groups is 1. The molecule has 6 nitrogen and oxygen atoms in total. The molecule has 2 aromatic carbocycles. The largest absolute Gasteiger partial charge is 0.490 e. The average Bonchev–Trinajstić information content (AvgIpc) is 2.72. The molecule has 1 heterocycles. The van der Waals surface area contributed by atoms with Crippen molar-refractivity contribution in [3.05, 3.63) is 71.8 Å². The van der Waals surface area contributed by atoms with Gasteiger partial charge in [0.05, 0.1) is 4.90 Å². The molecule has 3 rings (SSSR count). The van der Waals surface area contributed by atoms with Gasteiger partial charge < -0.3 is 9.64 Å². The van der Waals surface area contributed by atoms with Gasteiger partial charge in [-0.05, 0) is 49.7 Å². The summed E-state index contributed by atoms with van der Waals surface area (Å²) in [6, 6.07) is 12.3. The number of benzene rings is 2. The monoisotopic (exact) mass is 414 g/mol. The van der Waals surface area contributed by atoms with Crippen LogP contribution in [0.3, 0.4) is 0 Å². The SMILES string of the molecule is C=CCOc1ccc(C(=O)N2CCN(S(=O)(=O)c3ccc(C)cc3C)CC2)cc1. The molecule has 0 saturated carbocycles. The van der Waals surface area contributed by atoms with Gasteiger partial charge in [0.15, 0.2) is 0 Å². The van der Waals surface area contributed by atoms with E-state index in [0.29, 0.717) is 35.9 Å². The first-order valence-electron chi connectivity index (χ1n) is 9.53. The van der Waals surface area contributed by atoms with E-state index in [2.05, 4.69) is 6.58 Å². The van der Waals surface area contributed by atoms with Gasteiger partial charge in [0.1, 0.15) is 12.4 Å². The van der Waals surface area contributed by atoms with E-state index in [-0.39, 0.29) is 19.0 Å². The summed E-state index contributed by atoms with van der Waals surface area (Å²) in [5.41, 5.74) is 2.32. The molecule has 29 heavy (non-hydrogen) atoms. The standard InChI is InChI=1S/C22H26N2O4S/c1-4-15-28-20-8-6-19(7-9-20)22(25)23-11-13-24(14-12-23)29(26,27)21-10-5-17(2)16-18(21)3/h4-10,16H,1,11-15H2,2-3H3. The maximum Gasteiger partial charge on any atom is 0.253 e. The van der Waals surface area contributed by atoms with E-state index in [0.717, 1.165) is 11.1 Å². The average molecular weight is 415 g/mol. The third kappa shape index (κ3) is 4.68. The predicted molar refractivity (Wildman–Crippen MR) is 113 cm³/mol. The Bertz CT molecular complexity index is 992. The van der Waals surface area contributed by atoms with Gasteiger partial charge in [0.25, 0.3) is 5.91 Å². The number of carbonyl (C=O) groups excluding carboxylic acids is 1. The molecule has 0 atom stereocenters. The molecule has 1 aliphatic heterocycles. The third-order valence-corrected chi connectivity index (χ3v) is 7.00. The number of sulfonamides is 1. The molecule has 7 heteroatoms. The van der Waals surface area contributed by atoms with Crippen LogP contribution in [0.5, 0.6) is 5.75 Å². The first-order valence-corrected chi connectivity index (χ1v) is 11.0. The number of hydrogen-bond acceptors (Lipinski definition) is 4. The predicted octanol–water partition coefficient (Wildman–Crippen LogP) is 3.01. The van der Waals surface area contributed by atoms with E-state index in [1.165, 1.54) is 4.31 Å². The fraction of sp³-hybridized carbons (Fsp3) is 0.318. The van der Waals surface area contributed by atoms with Crippen molar-refractivity contribution in [3.8, 4) is 5.75 Å². The molecule has 154 valence electrons. The lowest BCUT2D eigenvalue weighted by molar-refractivity contribution is 0.0698. The van der Waals surface area contributed by atoms with Crippen LogP contribution in [-0.2, 0) is 10.0 Å². The molecule has 0 aliphatic carbocycles. The number of nitrogens with zero attached hydrogens (tertiary/aromatic N) is 2. The highest BCUT2D eigenvalue weighted by atomic mass is 32.2. The zero-order chi connectivity index (χ0) is 21.0. The smallest absolute Gasteiger partial charge is 0.253 e. The molecule has 0 bridgehead atoms. The Kier molecular flexibility index (Phi) is 6.39. The second-order valence-electron chi connectivity index (χ2n) is 7.09. The van der Waals surface area contributed by atoms with E-state index in [4.69, 9.17) is 4.74 Å². The normalized spacial score (nSPS) is 15.2. The number of aryl methyl sites for hydroxylation is 2. The van der Waals surface area contributed by atoms with E-state index >= 15 is 0 Å². The summed E-state index contributed by atoms with van der Waals surface area (Å²) in [5.74, 6) is 0.565. The number of ether oxygens (including phenoxy) is 1. The lowest BCUT2D eigenvalue weighted by Crippen LogP contribution is -2.50. The lowest BCUT2D eigenvalue weighted by atomic mass is 10.2. The molecule has 1 saturated heterocycles. The van der Waals surface area contributed by atoms with E-state index in [1.54, 1.807) is 41.3 Å². The number of amides is 1. The van der Waals surface area contributed by atoms with Gasteiger partial charge in [-0.25, -0.2) is 8.42 Å². The van der Waals surface area contributed by atoms with Crippen molar-refractivity contribution in [1.29, 1.82) is 0 Å². The van der Waals surface area contributed by atoms with E-state index < -0.39 is 10.0 Å². The second kappa shape index (κ2) is 8.80. The Balaban J connectivity index is 1.65. The van der Waals surface area contributed by atoms with Gasteiger partial charge in [-0.15, -0.1) is 0 Å². The quantitative estimate of drug-likeness (QED) is 0.682. The summed E-state index contributed by atoms with van der Waals surface area (Å²) >= 11 is 0. The van der Waals surface area contributed by atoms with Crippen LogP contribution in [0.1, 0.15) is 21.5 Å². The molecule has 0 radical (unpaired) electrons. The van der Waals surface area contributed by atoms with Crippen LogP contribution >= 0.6 is 0 Å². The molecule has 0 aromatic heterocycles. The van der Waals surface area contributed by atoms with Crippen molar-refractivity contribution in [2.45, 2.75) is 18.7 Å². The van der Waals surface area contributed by atoms with Gasteiger partial charge in [-0.3, -0.25) is 4.79 Å². The van der Waals surface area contributed by atoms with Crippen LogP contribution in [0.25, 0.3) is 0 Å². The fourth-order valence-corrected chi connectivity index (χ4v) is 5.02. The first-order chi connectivity index (χ1) is 13.8. The van der Waals surface area contributed by atoms with Crippen molar-refractivity contribution < 1.29 is 17.9 Å². The van der Waals surface area contributed by atoms with E-state index in [9.17, 15) is 13.2 Å². The molecule has 2 aromatic rings. The highest BCUT2D eigenvalue weighted by molar-refractivity contribution is 7.89. The van der Waals surface area contributed by atoms with Crippen LogP contribution < -0.4 is 4.74 Å². The molecule has 0 unspecified atom stereocenters. The summed E-state index contributed by atoms with van der Waals surface area (Å²) in [4.78, 5) is 14.8. The Morgan fingerprint density at radius 3 is 2.31 bits per heavy atom. The highest BCUT2D eigenvalue weighted by Gasteiger charge is 2.31. The Morgan fingerprint density at radius 1 is 1.07 bits per heavy atom. The molecule has 1 aliphatic rings. The molecular formula is C22H26N2O4S. The van der Waals surface area contributed by atoms with Gasteiger partial charge >= 0.3 is 0 Å². The zero-order valence-corrected chi connectivity index (χ0v) is 17.6. The summed E-state index contributed by atoms with van der Waals surface area (Å²) in [6.45, 7) is 9.03. The Morgan fingerprint density at radius 2 is 1.72 bits per heavy atom. The summed E-state index contributed by atoms with van der Waals surface area (Å²) < 4.78 is 32.9. The lowest BCUT2D eigenvalue weighted by Gasteiger charge is -2.34. The second-order valence-corrected chi connectivity index (χ2v) is 9.00. The third-order valence-electron chi connectivity index (χ3n) is 4.94. The van der Waals surface area contributed by atoms with Crippen molar-refractivity contribution in [2.24, 2.45) is 0 Å². The minimum Gasteiger partial charge on any atom is -0.490 e. The van der Waals surface area contributed by atoms with Crippen LogP contribution in [0.4, 0.5) is 0 Å². The Hall–Kier alpha value is -2.64. The molecule has 1 amide bonds. The summed E-state index contributed by atoms with van der Waals surface area (Å²) in [7, 11) is -3.57. The minimum absolute atomic E-state index is 0.108. The molecular weight excluding hydrogens is 388 g/mol. The maximum absolute atomic E-state index is 13.0. The molecule has 0 N–H and O–H groups in total. The molecule has 1 fully saturated rings. The fourth-order valence-electron chi connectivity index (χ4n) is 3.39. The molecule has 0 spiro atoms. The zero-order valence-electron chi connectivity index (χ0n) is 16.8. The number of hydrogen-bond donors (Lipinski definition) is 0. The number of rotatable bonds is 6. The van der Waals surface area contributed by atoms with Crippen molar-refractivity contribution >= 4 is 15.9 Å². The summed E-state index contributed by atoms with van der Waals surface area (Å²) in [5, 5.41) is 0. The van der Waals surface area contributed by atoms with Crippen LogP contribution in [0, 0.1) is 13.8 Å². The summed E-state index contributed by atoms with van der Waals surface area (Å²) in [6.07, 6.45) is 1.66. The maximum atomic E-state index is 13.0. The topological polar surface area (TPSA) is 66.9 Å². The van der Waals surface area contributed by atoms with Crippen molar-refractivity contribution in [2.75, 3.05) is 32.8 Å². The van der Waals surface area contributed by atoms with E-state index in [1.807, 2.05) is 26.0 Å². The van der Waals surface area contributed by atoms with Gasteiger partial charge in [-0.1, -0.05) is 30.4 Å². The Labute approximate surface area is 172 Å². The van der Waals surface area contributed by atoms with Crippen LogP contribution in [0.2, 0.25) is 0 Å². The first kappa shape index (κ1) is 21.1. The van der Waals surface area contributed by atoms with Crippen LogP contribution in [-0.4, -0.2) is 56.3 Å². The van der Waals surface area contributed by atoms with Crippen molar-refractivity contribution in [3.63, 3.8) is 0 Å². The van der Waals surface area contributed by atoms with Crippen LogP contribution in [0.15, 0.2) is 60.0 Å². The minimum atomic E-state index is -3.57. The number of piperazine rings is 1. The van der Waals surface area contributed by atoms with Gasteiger partial charge in [0.2, 0.25) is 10.0 Å². The van der Waals surface area contributed by atoms with Crippen molar-refractivity contribution in [1.82, 2.24) is 9.21 Å². The highest BCUT2D eigenvalue weighted by Crippen LogP contribution is 2.23. The van der Waals surface area contributed by atoms with Gasteiger partial charge in [0, 0.05) is 31.7 Å². The van der Waals surface area contributed by atoms with Gasteiger partial charge in [-0.2, -0.15) is 4.31 Å².